The molecule has 3 amide bonds. The summed E-state index contributed by atoms with van der Waals surface area (Å²) in [6, 6.07) is 9.09. The number of alkyl carbamates (subject to hydrolysis) is 1. The fraction of sp³-hybridized carbons (Fsp3) is 0.346. The number of tetrazole rings is 1. The van der Waals surface area contributed by atoms with Crippen LogP contribution < -0.4 is 15.4 Å². The molecule has 2 aromatic heterocycles. The van der Waals surface area contributed by atoms with Crippen LogP contribution in [-0.2, 0) is 37.5 Å². The SMILES string of the molecule is COc1ccc(COC(=O)NC(C(=O)N[C@@]2(OC)C(=O)N3C(C(=O)O)=C(CSc4nnnn4C)CSC32)c2cccs2)cc1. The summed E-state index contributed by atoms with van der Waals surface area (Å²) in [5.74, 6) is -1.64. The molecule has 1 fully saturated rings. The molecule has 3 aromatic rings. The van der Waals surface area contributed by atoms with Gasteiger partial charge in [-0.05, 0) is 45.1 Å². The van der Waals surface area contributed by atoms with Gasteiger partial charge in [-0.3, -0.25) is 14.5 Å². The number of methoxy groups -OCH3 is 2. The molecule has 0 bridgehead atoms. The predicted molar refractivity (Wildman–Crippen MR) is 159 cm³/mol. The monoisotopic (exact) mass is 661 g/mol. The molecule has 44 heavy (non-hydrogen) atoms. The van der Waals surface area contributed by atoms with Crippen LogP contribution in [0.1, 0.15) is 16.5 Å². The second kappa shape index (κ2) is 13.2. The Kier molecular flexibility index (Phi) is 9.42. The Hall–Kier alpha value is -4.13. The number of nitrogens with zero attached hydrogens (tertiary/aromatic N) is 5. The van der Waals surface area contributed by atoms with Gasteiger partial charge in [-0.1, -0.05) is 30.0 Å². The van der Waals surface area contributed by atoms with E-state index in [9.17, 15) is 24.3 Å². The maximum atomic E-state index is 13.7. The van der Waals surface area contributed by atoms with Crippen LogP contribution in [0, 0.1) is 0 Å². The summed E-state index contributed by atoms with van der Waals surface area (Å²) in [5, 5.41) is 27.8. The van der Waals surface area contributed by atoms with Crippen LogP contribution in [0.5, 0.6) is 5.75 Å². The minimum atomic E-state index is -1.86. The zero-order valence-electron chi connectivity index (χ0n) is 23.6. The van der Waals surface area contributed by atoms with E-state index >= 15 is 0 Å². The van der Waals surface area contributed by atoms with Crippen LogP contribution in [0.3, 0.4) is 0 Å². The van der Waals surface area contributed by atoms with Crippen molar-refractivity contribution in [3.63, 3.8) is 0 Å². The van der Waals surface area contributed by atoms with E-state index in [0.717, 1.165) is 4.90 Å². The van der Waals surface area contributed by atoms with Crippen molar-refractivity contribution in [1.29, 1.82) is 0 Å². The van der Waals surface area contributed by atoms with E-state index in [1.165, 1.54) is 46.7 Å². The molecule has 2 aliphatic rings. The maximum absolute atomic E-state index is 13.7. The molecule has 18 heteroatoms. The lowest BCUT2D eigenvalue weighted by molar-refractivity contribution is -0.192. The maximum Gasteiger partial charge on any atom is 0.408 e. The molecule has 3 atom stereocenters. The van der Waals surface area contributed by atoms with E-state index in [2.05, 4.69) is 26.2 Å². The summed E-state index contributed by atoms with van der Waals surface area (Å²) in [7, 11) is 4.46. The number of thiophene rings is 1. The molecule has 1 aromatic carbocycles. The van der Waals surface area contributed by atoms with Gasteiger partial charge in [-0.15, -0.1) is 28.2 Å². The second-order valence-electron chi connectivity index (χ2n) is 9.42. The normalized spacial score (nSPS) is 19.9. The highest BCUT2D eigenvalue weighted by atomic mass is 32.2. The second-order valence-corrected chi connectivity index (χ2v) is 12.4. The highest BCUT2D eigenvalue weighted by Gasteiger charge is 2.67. The molecule has 232 valence electrons. The molecule has 0 aliphatic carbocycles. The number of aryl methyl sites for hydroxylation is 1. The molecule has 0 radical (unpaired) electrons. The van der Waals surface area contributed by atoms with Gasteiger partial charge in [-0.25, -0.2) is 14.3 Å². The molecule has 1 saturated heterocycles. The van der Waals surface area contributed by atoms with Gasteiger partial charge in [0.1, 0.15) is 29.5 Å². The quantitative estimate of drug-likeness (QED) is 0.145. The third-order valence-corrected chi connectivity index (χ3v) is 10.2. The molecule has 0 spiro atoms. The Morgan fingerprint density at radius 3 is 2.61 bits per heavy atom. The molecule has 2 unspecified atom stereocenters. The van der Waals surface area contributed by atoms with Crippen LogP contribution >= 0.6 is 34.9 Å². The van der Waals surface area contributed by atoms with E-state index < -0.39 is 41.0 Å². The summed E-state index contributed by atoms with van der Waals surface area (Å²) in [4.78, 5) is 53.9. The Bertz CT molecular complexity index is 1580. The van der Waals surface area contributed by atoms with E-state index in [4.69, 9.17) is 14.2 Å². The fourth-order valence-corrected chi connectivity index (χ4v) is 7.76. The van der Waals surface area contributed by atoms with E-state index in [0.29, 0.717) is 26.9 Å². The number of β-lactam (4-membered cyclic amide) rings is 1. The number of aliphatic carboxylic acids is 1. The van der Waals surface area contributed by atoms with Gasteiger partial charge < -0.3 is 30.0 Å². The van der Waals surface area contributed by atoms with Crippen molar-refractivity contribution in [3.8, 4) is 5.75 Å². The van der Waals surface area contributed by atoms with Gasteiger partial charge >= 0.3 is 12.1 Å². The Balaban J connectivity index is 1.30. The Morgan fingerprint density at radius 2 is 2.00 bits per heavy atom. The molecule has 3 N–H and O–H groups in total. The number of aromatic nitrogens is 4. The minimum absolute atomic E-state index is 0.0547. The van der Waals surface area contributed by atoms with Crippen LogP contribution in [0.25, 0.3) is 0 Å². The first kappa shape index (κ1) is 31.3. The molecule has 15 nitrogen and oxygen atoms in total. The van der Waals surface area contributed by atoms with Gasteiger partial charge in [0.25, 0.3) is 17.5 Å². The zero-order valence-corrected chi connectivity index (χ0v) is 26.0. The Morgan fingerprint density at radius 1 is 1.23 bits per heavy atom. The van der Waals surface area contributed by atoms with Crippen molar-refractivity contribution >= 4 is 58.7 Å². The van der Waals surface area contributed by atoms with Gasteiger partial charge in [0.15, 0.2) is 0 Å². The fourth-order valence-electron chi connectivity index (χ4n) is 4.56. The van der Waals surface area contributed by atoms with E-state index in [1.807, 2.05) is 0 Å². The number of rotatable bonds is 12. The number of hydrogen-bond donors (Lipinski definition) is 3. The number of ether oxygens (including phenoxy) is 3. The molecular formula is C26H27N7O8S3. The van der Waals surface area contributed by atoms with E-state index in [-0.39, 0.29) is 23.8 Å². The standard InChI is InChI=1S/C26H27N7O8S3/c1-32-24(29-30-31-32)44-13-15-12-43-23-26(40-3,22(37)33(23)19(15)21(35)36)28-20(34)18(17-5-4-10-42-17)27-25(38)41-11-14-6-8-16(39-2)9-7-14/h4-10,18,23H,11-13H2,1-3H3,(H,27,38)(H,28,34)(H,35,36)/t18?,23?,26-/m1/s1. The average Bonchev–Trinajstić information content (AvgIpc) is 3.71. The third-order valence-electron chi connectivity index (χ3n) is 6.78. The summed E-state index contributed by atoms with van der Waals surface area (Å²) >= 11 is 3.70. The summed E-state index contributed by atoms with van der Waals surface area (Å²) in [5.41, 5.74) is -0.842. The van der Waals surface area contributed by atoms with Crippen LogP contribution in [0.4, 0.5) is 4.79 Å². The lowest BCUT2D eigenvalue weighted by Gasteiger charge is -2.56. The average molecular weight is 662 g/mol. The number of carbonyl (C=O) groups excluding carboxylic acids is 3. The number of hydrogen-bond acceptors (Lipinski definition) is 13. The summed E-state index contributed by atoms with van der Waals surface area (Å²) < 4.78 is 17.5. The zero-order chi connectivity index (χ0) is 31.4. The first-order valence-corrected chi connectivity index (χ1v) is 15.8. The van der Waals surface area contributed by atoms with Crippen LogP contribution in [0.2, 0.25) is 0 Å². The largest absolute Gasteiger partial charge is 0.497 e. The van der Waals surface area contributed by atoms with Crippen molar-refractivity contribution in [2.75, 3.05) is 25.7 Å². The Labute approximate surface area is 263 Å². The molecule has 2 aliphatic heterocycles. The van der Waals surface area contributed by atoms with Gasteiger partial charge in [-0.2, -0.15) is 0 Å². The highest BCUT2D eigenvalue weighted by Crippen LogP contribution is 2.47. The van der Waals surface area contributed by atoms with Crippen molar-refractivity contribution < 1.29 is 38.5 Å². The lowest BCUT2D eigenvalue weighted by Crippen LogP contribution is -2.81. The van der Waals surface area contributed by atoms with Gasteiger partial charge in [0.2, 0.25) is 5.16 Å². The predicted octanol–water partition coefficient (Wildman–Crippen LogP) is 1.75. The number of fused-ring (bicyclic) bond motifs is 1. The van der Waals surface area contributed by atoms with E-state index in [1.54, 1.807) is 55.9 Å². The molecule has 5 rings (SSSR count). The number of carboxylic acid groups (broad SMARTS) is 1. The number of benzene rings is 1. The van der Waals surface area contributed by atoms with Gasteiger partial charge in [0.05, 0.1) is 7.11 Å². The molecular weight excluding hydrogens is 635 g/mol. The summed E-state index contributed by atoms with van der Waals surface area (Å²) in [6.45, 7) is -0.0547. The molecule has 4 heterocycles. The number of carboxylic acids is 1. The van der Waals surface area contributed by atoms with Crippen LogP contribution in [0.15, 0.2) is 58.2 Å². The third kappa shape index (κ3) is 6.10. The van der Waals surface area contributed by atoms with Gasteiger partial charge in [0, 0.05) is 30.5 Å². The minimum Gasteiger partial charge on any atom is -0.497 e. The number of amides is 3. The molecule has 0 saturated carbocycles. The number of nitrogens with one attached hydrogen (secondary N) is 2. The van der Waals surface area contributed by atoms with Crippen molar-refractivity contribution in [3.05, 3.63) is 63.5 Å². The van der Waals surface area contributed by atoms with Crippen molar-refractivity contribution in [2.45, 2.75) is 28.9 Å². The van der Waals surface area contributed by atoms with Crippen molar-refractivity contribution in [2.24, 2.45) is 7.05 Å². The van der Waals surface area contributed by atoms with Crippen molar-refractivity contribution in [1.82, 2.24) is 35.7 Å². The van der Waals surface area contributed by atoms with Crippen LogP contribution in [-0.4, -0.2) is 90.9 Å². The number of thioether (sulfide) groups is 2. The smallest absolute Gasteiger partial charge is 0.408 e. The topological polar surface area (TPSA) is 187 Å². The first-order valence-electron chi connectivity index (χ1n) is 12.9. The number of carbonyl (C=O) groups is 4. The highest BCUT2D eigenvalue weighted by molar-refractivity contribution is 8.01. The lowest BCUT2D eigenvalue weighted by atomic mass is 9.97. The summed E-state index contributed by atoms with van der Waals surface area (Å²) in [6.07, 6.45) is -0.856. The first-order chi connectivity index (χ1) is 21.2.